The highest BCUT2D eigenvalue weighted by Gasteiger charge is 2.25. The first kappa shape index (κ1) is 14.3. The van der Waals surface area contributed by atoms with Crippen LogP contribution in [0.4, 0.5) is 0 Å². The molecule has 1 N–H and O–H groups in total. The number of hydrogen-bond acceptors (Lipinski definition) is 2. The van der Waals surface area contributed by atoms with Gasteiger partial charge in [0.25, 0.3) is 0 Å². The maximum Gasteiger partial charge on any atom is 0.0669 e. The lowest BCUT2D eigenvalue weighted by atomic mass is 9.85. The fourth-order valence-corrected chi connectivity index (χ4v) is 3.96. The van der Waals surface area contributed by atoms with Crippen molar-refractivity contribution in [1.29, 1.82) is 0 Å². The van der Waals surface area contributed by atoms with E-state index >= 15 is 0 Å². The Balaban J connectivity index is 1.87. The highest BCUT2D eigenvalue weighted by Crippen LogP contribution is 2.38. The summed E-state index contributed by atoms with van der Waals surface area (Å²) in [6.07, 6.45) is 9.98. The second-order valence-corrected chi connectivity index (χ2v) is 6.88. The van der Waals surface area contributed by atoms with Gasteiger partial charge in [-0.3, -0.25) is 0 Å². The molecule has 0 aromatic heterocycles. The molecular formula is C19H21NS. The van der Waals surface area contributed by atoms with Gasteiger partial charge in [-0.1, -0.05) is 55.1 Å². The van der Waals surface area contributed by atoms with E-state index in [1.807, 2.05) is 18.7 Å². The van der Waals surface area contributed by atoms with Gasteiger partial charge >= 0.3 is 0 Å². The van der Waals surface area contributed by atoms with E-state index in [0.29, 0.717) is 12.0 Å². The van der Waals surface area contributed by atoms with Crippen LogP contribution >= 0.6 is 11.8 Å². The third-order valence-electron chi connectivity index (χ3n) is 4.05. The van der Waals surface area contributed by atoms with E-state index < -0.39 is 0 Å². The van der Waals surface area contributed by atoms with Gasteiger partial charge in [0.2, 0.25) is 0 Å². The number of rotatable bonds is 3. The molecule has 2 unspecified atom stereocenters. The Kier molecular flexibility index (Phi) is 4.07. The van der Waals surface area contributed by atoms with Crippen LogP contribution in [0, 0.1) is 5.92 Å². The zero-order chi connectivity index (χ0) is 14.8. The molecule has 0 saturated heterocycles. The number of benzene rings is 1. The highest BCUT2D eigenvalue weighted by molar-refractivity contribution is 8.03. The Labute approximate surface area is 131 Å². The number of nitrogens with one attached hydrogen (secondary N) is 1. The summed E-state index contributed by atoms with van der Waals surface area (Å²) < 4.78 is 0. The van der Waals surface area contributed by atoms with Crippen LogP contribution in [-0.2, 0) is 0 Å². The quantitative estimate of drug-likeness (QED) is 0.774. The van der Waals surface area contributed by atoms with Crippen molar-refractivity contribution in [2.75, 3.05) is 0 Å². The van der Waals surface area contributed by atoms with Crippen LogP contribution in [0.3, 0.4) is 0 Å². The molecule has 1 heterocycles. The molecule has 1 nitrogen and oxygen atoms in total. The number of allylic oxidation sites excluding steroid dienone is 3. The van der Waals surface area contributed by atoms with Crippen molar-refractivity contribution in [2.45, 2.75) is 31.2 Å². The number of fused-ring (bicyclic) bond motifs is 1. The van der Waals surface area contributed by atoms with E-state index in [-0.39, 0.29) is 0 Å². The fourth-order valence-electron chi connectivity index (χ4n) is 2.85. The Hall–Kier alpha value is -1.67. The topological polar surface area (TPSA) is 12.0 Å². The van der Waals surface area contributed by atoms with Gasteiger partial charge in [0.15, 0.2) is 0 Å². The minimum atomic E-state index is 0.371. The van der Waals surface area contributed by atoms with E-state index in [9.17, 15) is 0 Å². The lowest BCUT2D eigenvalue weighted by molar-refractivity contribution is 0.584. The molecule has 3 rings (SSSR count). The molecule has 21 heavy (non-hydrogen) atoms. The molecule has 1 aromatic rings. The average molecular weight is 295 g/mol. The van der Waals surface area contributed by atoms with Crippen molar-refractivity contribution in [2.24, 2.45) is 5.92 Å². The zero-order valence-electron chi connectivity index (χ0n) is 12.6. The van der Waals surface area contributed by atoms with Gasteiger partial charge in [0.1, 0.15) is 0 Å². The fraction of sp³-hybridized carbons (Fsp3) is 0.263. The minimum absolute atomic E-state index is 0.371. The van der Waals surface area contributed by atoms with E-state index in [2.05, 4.69) is 67.5 Å². The summed E-state index contributed by atoms with van der Waals surface area (Å²) in [5.74, 6) is 0.606. The number of hydrogen-bond donors (Lipinski definition) is 1. The van der Waals surface area contributed by atoms with Crippen LogP contribution in [0.15, 0.2) is 70.6 Å². The first-order valence-electron chi connectivity index (χ1n) is 7.42. The van der Waals surface area contributed by atoms with Gasteiger partial charge in [-0.05, 0) is 54.8 Å². The van der Waals surface area contributed by atoms with Gasteiger partial charge in [-0.25, -0.2) is 0 Å². The minimum Gasteiger partial charge on any atom is -0.381 e. The van der Waals surface area contributed by atoms with Gasteiger partial charge in [-0.15, -0.1) is 0 Å². The smallest absolute Gasteiger partial charge is 0.0669 e. The van der Waals surface area contributed by atoms with Crippen molar-refractivity contribution in [3.05, 3.63) is 71.3 Å². The van der Waals surface area contributed by atoms with Crippen LogP contribution in [-0.4, -0.2) is 6.04 Å². The molecule has 0 amide bonds. The molecule has 1 aromatic carbocycles. The van der Waals surface area contributed by atoms with E-state index in [1.165, 1.54) is 20.9 Å². The normalized spacial score (nSPS) is 23.7. The molecule has 108 valence electrons. The Bertz CT molecular complexity index is 634. The van der Waals surface area contributed by atoms with Gasteiger partial charge < -0.3 is 5.32 Å². The molecule has 0 fully saturated rings. The summed E-state index contributed by atoms with van der Waals surface area (Å²) in [5, 5.41) is 3.44. The first-order chi connectivity index (χ1) is 10.1. The van der Waals surface area contributed by atoms with E-state index in [1.54, 1.807) is 0 Å². The molecule has 2 heteroatoms. The Morgan fingerprint density at radius 3 is 2.76 bits per heavy atom. The second-order valence-electron chi connectivity index (χ2n) is 5.77. The van der Waals surface area contributed by atoms with Crippen LogP contribution in [0.5, 0.6) is 0 Å². The summed E-state index contributed by atoms with van der Waals surface area (Å²) in [7, 11) is 0. The molecule has 0 radical (unpaired) electrons. The molecular weight excluding hydrogens is 274 g/mol. The predicted octanol–water partition coefficient (Wildman–Crippen LogP) is 5.15. The summed E-state index contributed by atoms with van der Waals surface area (Å²) in [4.78, 5) is 2.67. The summed E-state index contributed by atoms with van der Waals surface area (Å²) in [6, 6.07) is 9.06. The SMILES string of the molecule is C=C(C)c1ccc(SC2=C3C(C)CC=CC3NC=C2)cc1. The standard InChI is InChI=1S/C19H21NS/c1-13(2)15-7-9-16(10-8-15)21-18-11-12-20-17-6-4-5-14(3)19(17)18/h4,6-12,14,17,20H,1,5H2,2-3H3. The zero-order valence-corrected chi connectivity index (χ0v) is 13.4. The van der Waals surface area contributed by atoms with Gasteiger partial charge in [0, 0.05) is 9.80 Å². The molecule has 2 aliphatic rings. The lowest BCUT2D eigenvalue weighted by Crippen LogP contribution is -2.32. The van der Waals surface area contributed by atoms with E-state index in [0.717, 1.165) is 12.0 Å². The maximum atomic E-state index is 3.99. The second kappa shape index (κ2) is 5.98. The summed E-state index contributed by atoms with van der Waals surface area (Å²) in [6.45, 7) is 8.35. The number of dihydropyridines is 1. The molecule has 2 atom stereocenters. The molecule has 0 bridgehead atoms. The maximum absolute atomic E-state index is 3.99. The molecule has 0 spiro atoms. The monoisotopic (exact) mass is 295 g/mol. The number of thioether (sulfide) groups is 1. The van der Waals surface area contributed by atoms with Crippen molar-refractivity contribution in [3.63, 3.8) is 0 Å². The Morgan fingerprint density at radius 1 is 1.29 bits per heavy atom. The largest absolute Gasteiger partial charge is 0.381 e. The summed E-state index contributed by atoms with van der Waals surface area (Å²) in [5.41, 5.74) is 3.85. The van der Waals surface area contributed by atoms with Gasteiger partial charge in [0.05, 0.1) is 6.04 Å². The van der Waals surface area contributed by atoms with Gasteiger partial charge in [-0.2, -0.15) is 0 Å². The van der Waals surface area contributed by atoms with Crippen molar-refractivity contribution in [3.8, 4) is 0 Å². The van der Waals surface area contributed by atoms with Crippen LogP contribution < -0.4 is 5.32 Å². The predicted molar refractivity (Wildman–Crippen MR) is 93.0 cm³/mol. The van der Waals surface area contributed by atoms with Crippen molar-refractivity contribution in [1.82, 2.24) is 5.32 Å². The Morgan fingerprint density at radius 2 is 2.05 bits per heavy atom. The van der Waals surface area contributed by atoms with Crippen LogP contribution in [0.25, 0.3) is 5.57 Å². The summed E-state index contributed by atoms with van der Waals surface area (Å²) >= 11 is 1.86. The molecule has 0 saturated carbocycles. The van der Waals surface area contributed by atoms with E-state index in [4.69, 9.17) is 0 Å². The molecule has 1 aliphatic carbocycles. The lowest BCUT2D eigenvalue weighted by Gasteiger charge is -2.31. The van der Waals surface area contributed by atoms with Crippen LogP contribution in [0.1, 0.15) is 25.8 Å². The third-order valence-corrected chi connectivity index (χ3v) is 5.15. The molecule has 1 aliphatic heterocycles. The van der Waals surface area contributed by atoms with Crippen molar-refractivity contribution >= 4 is 17.3 Å². The van der Waals surface area contributed by atoms with Crippen LogP contribution in [0.2, 0.25) is 0 Å². The average Bonchev–Trinajstić information content (AvgIpc) is 2.48. The first-order valence-corrected chi connectivity index (χ1v) is 8.24. The van der Waals surface area contributed by atoms with Crippen molar-refractivity contribution < 1.29 is 0 Å². The third kappa shape index (κ3) is 3.01. The highest BCUT2D eigenvalue weighted by atomic mass is 32.2.